The molecule has 7 rings (SSSR count). The van der Waals surface area contributed by atoms with Crippen LogP contribution in [0.1, 0.15) is 41.5 Å². The molecule has 44 heavy (non-hydrogen) atoms. The van der Waals surface area contributed by atoms with Gasteiger partial charge in [-0.3, -0.25) is 9.69 Å². The smallest absolute Gasteiger partial charge is 0.337 e. The second-order valence-electron chi connectivity index (χ2n) is 12.7. The second kappa shape index (κ2) is 11.9. The van der Waals surface area contributed by atoms with Crippen molar-refractivity contribution in [3.8, 4) is 11.5 Å². The Labute approximate surface area is 259 Å². The molecule has 1 saturated heterocycles. The fraction of sp³-hybridized carbons (Fsp3) is 0.405. The number of hydrogen-bond donors (Lipinski definition) is 0. The molecule has 228 valence electrons. The molecule has 0 N–H and O–H groups in total. The van der Waals surface area contributed by atoms with E-state index in [9.17, 15) is 9.59 Å². The lowest BCUT2D eigenvalue weighted by Gasteiger charge is -2.60. The van der Waals surface area contributed by atoms with Crippen LogP contribution in [0.5, 0.6) is 11.5 Å². The predicted octanol–water partition coefficient (Wildman–Crippen LogP) is 5.06. The summed E-state index contributed by atoms with van der Waals surface area (Å²) in [4.78, 5) is 30.7. The van der Waals surface area contributed by atoms with Gasteiger partial charge in [0.05, 0.1) is 6.04 Å². The molecule has 2 fully saturated rings. The van der Waals surface area contributed by atoms with Gasteiger partial charge in [0.15, 0.2) is 11.5 Å². The lowest BCUT2D eigenvalue weighted by molar-refractivity contribution is -0.138. The van der Waals surface area contributed by atoms with Gasteiger partial charge in [-0.05, 0) is 73.4 Å². The van der Waals surface area contributed by atoms with Crippen molar-refractivity contribution in [3.63, 3.8) is 0 Å². The number of esters is 1. The molecule has 5 atom stereocenters. The number of likely N-dealkylation sites (N-methyl/N-ethyl adjacent to an activating group) is 1. The van der Waals surface area contributed by atoms with E-state index < -0.39 is 5.97 Å². The van der Waals surface area contributed by atoms with E-state index in [1.165, 1.54) is 23.8 Å². The summed E-state index contributed by atoms with van der Waals surface area (Å²) in [5.74, 6) is 1.06. The first-order valence-corrected chi connectivity index (χ1v) is 15.8. The Balaban J connectivity index is 1.22. The SMILES string of the molecule is COCC(=O)Oc1ccc2c3c1OC1C(N(C)C(=O)/C=C/c4ccccc4)CC[C@H]4[C@@H](C2)N(CCc2ccccc2)CC[C@]314. The Bertz CT molecular complexity index is 1560. The molecule has 3 aromatic carbocycles. The van der Waals surface area contributed by atoms with E-state index in [0.29, 0.717) is 23.5 Å². The van der Waals surface area contributed by atoms with Crippen LogP contribution in [-0.4, -0.2) is 73.7 Å². The molecule has 1 amide bonds. The van der Waals surface area contributed by atoms with Crippen molar-refractivity contribution < 1.29 is 23.8 Å². The molecule has 3 aromatic rings. The first-order chi connectivity index (χ1) is 21.5. The van der Waals surface area contributed by atoms with Gasteiger partial charge in [0.25, 0.3) is 0 Å². The van der Waals surface area contributed by atoms with Crippen LogP contribution in [0.15, 0.2) is 78.9 Å². The van der Waals surface area contributed by atoms with E-state index in [2.05, 4.69) is 41.3 Å². The van der Waals surface area contributed by atoms with Crippen molar-refractivity contribution in [2.75, 3.05) is 33.9 Å². The summed E-state index contributed by atoms with van der Waals surface area (Å²) in [6.07, 6.45) is 8.13. The highest BCUT2D eigenvalue weighted by atomic mass is 16.6. The minimum Gasteiger partial charge on any atom is -0.483 e. The van der Waals surface area contributed by atoms with Gasteiger partial charge in [0.2, 0.25) is 5.91 Å². The number of carbonyl (C=O) groups is 2. The molecular formula is C37H40N2O5. The summed E-state index contributed by atoms with van der Waals surface area (Å²) in [6.45, 7) is 1.87. The highest BCUT2D eigenvalue weighted by Crippen LogP contribution is 2.64. The van der Waals surface area contributed by atoms with Gasteiger partial charge in [0.1, 0.15) is 12.7 Å². The summed E-state index contributed by atoms with van der Waals surface area (Å²) in [7, 11) is 3.39. The number of ether oxygens (including phenoxy) is 3. The zero-order chi connectivity index (χ0) is 30.3. The normalized spacial score (nSPS) is 26.6. The van der Waals surface area contributed by atoms with Crippen molar-refractivity contribution in [1.82, 2.24) is 9.80 Å². The van der Waals surface area contributed by atoms with E-state index in [-0.39, 0.29) is 30.1 Å². The number of likely N-dealkylation sites (tertiary alicyclic amines) is 1. The summed E-state index contributed by atoms with van der Waals surface area (Å²) >= 11 is 0. The summed E-state index contributed by atoms with van der Waals surface area (Å²) < 4.78 is 17.8. The van der Waals surface area contributed by atoms with Crippen LogP contribution in [0.3, 0.4) is 0 Å². The third-order valence-corrected chi connectivity index (χ3v) is 10.5. The number of benzene rings is 3. The minimum absolute atomic E-state index is 0.0344. The number of amides is 1. The number of piperidine rings is 1. The molecule has 2 bridgehead atoms. The largest absolute Gasteiger partial charge is 0.483 e. The molecule has 2 aliphatic heterocycles. The molecular weight excluding hydrogens is 552 g/mol. The van der Waals surface area contributed by atoms with Crippen molar-refractivity contribution in [3.05, 3.63) is 101 Å². The van der Waals surface area contributed by atoms with E-state index in [4.69, 9.17) is 14.2 Å². The Hall–Kier alpha value is -3.94. The molecule has 2 unspecified atom stereocenters. The van der Waals surface area contributed by atoms with E-state index >= 15 is 0 Å². The van der Waals surface area contributed by atoms with Crippen LogP contribution >= 0.6 is 0 Å². The fourth-order valence-electron chi connectivity index (χ4n) is 8.54. The Morgan fingerprint density at radius 3 is 2.59 bits per heavy atom. The van der Waals surface area contributed by atoms with Gasteiger partial charge in [-0.2, -0.15) is 0 Å². The standard InChI is InChI=1S/C37H40N2O5/c1-38(32(40)18-13-25-9-5-3-6-10-25)29-16-15-28-30-23-27-14-17-31(43-33(41)24-42-2)35-34(27)37(28,36(29)44-35)20-22-39(30)21-19-26-11-7-4-8-12-26/h3-14,17-18,28-30,36H,15-16,19-24H2,1-2H3/b18-13+/t28-,29?,30+,36?,37-/m0/s1. The maximum Gasteiger partial charge on any atom is 0.337 e. The monoisotopic (exact) mass is 592 g/mol. The molecule has 2 heterocycles. The first-order valence-electron chi connectivity index (χ1n) is 15.8. The van der Waals surface area contributed by atoms with E-state index in [0.717, 1.165) is 50.8 Å². The van der Waals surface area contributed by atoms with Crippen LogP contribution in [0.4, 0.5) is 0 Å². The lowest BCUT2D eigenvalue weighted by atomic mass is 9.51. The average Bonchev–Trinajstić information content (AvgIpc) is 3.40. The zero-order valence-electron chi connectivity index (χ0n) is 25.5. The number of methoxy groups -OCH3 is 1. The molecule has 2 aliphatic carbocycles. The van der Waals surface area contributed by atoms with Crippen LogP contribution in [0.25, 0.3) is 6.08 Å². The number of carbonyl (C=O) groups excluding carboxylic acids is 2. The average molecular weight is 593 g/mol. The molecule has 1 saturated carbocycles. The van der Waals surface area contributed by atoms with E-state index in [1.807, 2.05) is 54.4 Å². The third-order valence-electron chi connectivity index (χ3n) is 10.5. The van der Waals surface area contributed by atoms with Gasteiger partial charge in [-0.15, -0.1) is 0 Å². The Kier molecular flexibility index (Phi) is 7.77. The van der Waals surface area contributed by atoms with Crippen LogP contribution in [-0.2, 0) is 32.6 Å². The molecule has 1 spiro atoms. The third kappa shape index (κ3) is 4.92. The zero-order valence-corrected chi connectivity index (χ0v) is 25.5. The highest BCUT2D eigenvalue weighted by molar-refractivity contribution is 5.92. The Morgan fingerprint density at radius 2 is 1.82 bits per heavy atom. The fourth-order valence-corrected chi connectivity index (χ4v) is 8.54. The quantitative estimate of drug-likeness (QED) is 0.197. The lowest BCUT2D eigenvalue weighted by Crippen LogP contribution is -2.69. The first kappa shape index (κ1) is 28.8. The van der Waals surface area contributed by atoms with Crippen molar-refractivity contribution in [2.45, 2.75) is 55.7 Å². The molecule has 0 aromatic heterocycles. The summed E-state index contributed by atoms with van der Waals surface area (Å²) in [5.41, 5.74) is 4.61. The van der Waals surface area contributed by atoms with Crippen LogP contribution in [0, 0.1) is 5.92 Å². The number of rotatable bonds is 9. The van der Waals surface area contributed by atoms with Gasteiger partial charge in [-0.1, -0.05) is 66.7 Å². The van der Waals surface area contributed by atoms with Crippen molar-refractivity contribution in [2.24, 2.45) is 5.92 Å². The van der Waals surface area contributed by atoms with Gasteiger partial charge < -0.3 is 19.1 Å². The maximum absolute atomic E-state index is 13.6. The summed E-state index contributed by atoms with van der Waals surface area (Å²) in [5, 5.41) is 0. The second-order valence-corrected chi connectivity index (χ2v) is 12.7. The molecule has 4 aliphatic rings. The van der Waals surface area contributed by atoms with E-state index in [1.54, 1.807) is 6.08 Å². The van der Waals surface area contributed by atoms with Gasteiger partial charge >= 0.3 is 5.97 Å². The van der Waals surface area contributed by atoms with Crippen LogP contribution < -0.4 is 9.47 Å². The Morgan fingerprint density at radius 1 is 1.05 bits per heavy atom. The number of nitrogens with zero attached hydrogens (tertiary/aromatic N) is 2. The predicted molar refractivity (Wildman–Crippen MR) is 169 cm³/mol. The molecule has 7 nitrogen and oxygen atoms in total. The highest BCUT2D eigenvalue weighted by Gasteiger charge is 2.66. The summed E-state index contributed by atoms with van der Waals surface area (Å²) in [6, 6.07) is 24.9. The minimum atomic E-state index is -0.449. The van der Waals surface area contributed by atoms with Crippen LogP contribution in [0.2, 0.25) is 0 Å². The van der Waals surface area contributed by atoms with Crippen molar-refractivity contribution >= 4 is 18.0 Å². The van der Waals surface area contributed by atoms with Gasteiger partial charge in [0, 0.05) is 43.8 Å². The molecule has 7 heteroatoms. The van der Waals surface area contributed by atoms with Gasteiger partial charge in [-0.25, -0.2) is 4.79 Å². The topological polar surface area (TPSA) is 68.3 Å². The number of hydrogen-bond acceptors (Lipinski definition) is 6. The molecule has 0 radical (unpaired) electrons. The maximum atomic E-state index is 13.6. The van der Waals surface area contributed by atoms with Crippen molar-refractivity contribution in [1.29, 1.82) is 0 Å².